The van der Waals surface area contributed by atoms with Gasteiger partial charge in [-0.15, -0.1) is 0 Å². The number of sulfonamides is 1. The number of benzene rings is 2. The maximum atomic E-state index is 12.4. The Kier molecular flexibility index (Phi) is 7.42. The number of hydrogen-bond acceptors (Lipinski definition) is 3. The van der Waals surface area contributed by atoms with Gasteiger partial charge in [-0.3, -0.25) is 9.10 Å². The highest BCUT2D eigenvalue weighted by atomic mass is 35.5. The number of nitrogens with zero attached hydrogens (tertiary/aromatic N) is 1. The first-order valence-corrected chi connectivity index (χ1v) is 12.6. The molecular formula is C23H29ClN2O3S. The lowest BCUT2D eigenvalue weighted by atomic mass is 9.89. The third kappa shape index (κ3) is 5.99. The Morgan fingerprint density at radius 1 is 1.10 bits per heavy atom. The van der Waals surface area contributed by atoms with Crippen molar-refractivity contribution >= 4 is 33.2 Å². The van der Waals surface area contributed by atoms with Crippen LogP contribution in [0.3, 0.4) is 0 Å². The highest BCUT2D eigenvalue weighted by Gasteiger charge is 2.19. The van der Waals surface area contributed by atoms with Gasteiger partial charge in [0.25, 0.3) is 5.91 Å². The average molecular weight is 449 g/mol. The minimum Gasteiger partial charge on any atom is -0.352 e. The van der Waals surface area contributed by atoms with Gasteiger partial charge in [0, 0.05) is 17.1 Å². The lowest BCUT2D eigenvalue weighted by Crippen LogP contribution is -2.30. The average Bonchev–Trinajstić information content (AvgIpc) is 2.73. The van der Waals surface area contributed by atoms with E-state index in [0.717, 1.165) is 17.7 Å². The number of anilines is 1. The molecule has 0 spiro atoms. The van der Waals surface area contributed by atoms with Gasteiger partial charge in [0.2, 0.25) is 10.0 Å². The second-order valence-electron chi connectivity index (χ2n) is 8.11. The zero-order valence-corrected chi connectivity index (χ0v) is 19.1. The van der Waals surface area contributed by atoms with E-state index in [-0.39, 0.29) is 12.5 Å². The smallest absolute Gasteiger partial charge is 0.251 e. The van der Waals surface area contributed by atoms with Crippen molar-refractivity contribution in [2.75, 3.05) is 17.1 Å². The first kappa shape index (κ1) is 22.6. The fourth-order valence-corrected chi connectivity index (χ4v) is 4.85. The molecule has 2 aromatic carbocycles. The minimum atomic E-state index is -3.50. The van der Waals surface area contributed by atoms with E-state index in [1.807, 2.05) is 6.92 Å². The molecule has 162 valence electrons. The summed E-state index contributed by atoms with van der Waals surface area (Å²) in [6.45, 7) is 2.76. The molecule has 0 atom stereocenters. The largest absolute Gasteiger partial charge is 0.352 e. The van der Waals surface area contributed by atoms with Gasteiger partial charge in [-0.1, -0.05) is 49.1 Å². The molecule has 5 nitrogen and oxygen atoms in total. The van der Waals surface area contributed by atoms with Gasteiger partial charge < -0.3 is 5.32 Å². The normalized spacial score (nSPS) is 15.0. The first-order chi connectivity index (χ1) is 14.2. The summed E-state index contributed by atoms with van der Waals surface area (Å²) in [6.07, 6.45) is 7.34. The number of halogens is 1. The van der Waals surface area contributed by atoms with Crippen molar-refractivity contribution in [1.29, 1.82) is 0 Å². The minimum absolute atomic E-state index is 0.0857. The number of rotatable bonds is 7. The van der Waals surface area contributed by atoms with Crippen LogP contribution in [0.15, 0.2) is 42.5 Å². The van der Waals surface area contributed by atoms with Crippen LogP contribution in [0.2, 0.25) is 5.02 Å². The maximum absolute atomic E-state index is 12.4. The molecule has 0 unspecified atom stereocenters. The summed E-state index contributed by atoms with van der Waals surface area (Å²) >= 11 is 6.19. The fraction of sp³-hybridized carbons (Fsp3) is 0.435. The molecule has 1 fully saturated rings. The molecule has 0 aromatic heterocycles. The molecule has 7 heteroatoms. The van der Waals surface area contributed by atoms with E-state index in [4.69, 9.17) is 11.6 Å². The van der Waals surface area contributed by atoms with E-state index in [9.17, 15) is 13.2 Å². The Morgan fingerprint density at radius 2 is 1.77 bits per heavy atom. The molecule has 0 saturated heterocycles. The van der Waals surface area contributed by atoms with Gasteiger partial charge >= 0.3 is 0 Å². The van der Waals surface area contributed by atoms with E-state index in [1.165, 1.54) is 42.7 Å². The molecule has 2 aromatic rings. The molecule has 1 aliphatic carbocycles. The molecule has 0 bridgehead atoms. The van der Waals surface area contributed by atoms with Gasteiger partial charge in [0.1, 0.15) is 0 Å². The summed E-state index contributed by atoms with van der Waals surface area (Å²) in [4.78, 5) is 12.4. The topological polar surface area (TPSA) is 66.5 Å². The number of amides is 1. The van der Waals surface area contributed by atoms with Crippen molar-refractivity contribution in [2.24, 2.45) is 5.92 Å². The van der Waals surface area contributed by atoms with Crippen molar-refractivity contribution in [3.8, 4) is 0 Å². The Morgan fingerprint density at radius 3 is 2.37 bits per heavy atom. The Hall–Kier alpha value is -2.05. The lowest BCUT2D eigenvalue weighted by Gasteiger charge is -2.23. The first-order valence-electron chi connectivity index (χ1n) is 10.3. The number of hydrogen-bond donors (Lipinski definition) is 1. The van der Waals surface area contributed by atoms with Crippen molar-refractivity contribution in [1.82, 2.24) is 5.32 Å². The Bertz CT molecular complexity index is 984. The van der Waals surface area contributed by atoms with Crippen molar-refractivity contribution in [3.63, 3.8) is 0 Å². The Labute approximate surface area is 184 Å². The molecule has 1 aliphatic rings. The van der Waals surface area contributed by atoms with E-state index in [1.54, 1.807) is 42.5 Å². The zero-order valence-electron chi connectivity index (χ0n) is 17.5. The second kappa shape index (κ2) is 9.84. The quantitative estimate of drug-likeness (QED) is 0.653. The zero-order chi connectivity index (χ0) is 21.7. The summed E-state index contributed by atoms with van der Waals surface area (Å²) < 4.78 is 26.0. The molecule has 3 rings (SSSR count). The third-order valence-electron chi connectivity index (χ3n) is 5.66. The summed E-state index contributed by atoms with van der Waals surface area (Å²) in [6, 6.07) is 12.3. The van der Waals surface area contributed by atoms with Crippen LogP contribution < -0.4 is 9.62 Å². The predicted octanol–water partition coefficient (Wildman–Crippen LogP) is 4.92. The van der Waals surface area contributed by atoms with Crippen molar-refractivity contribution < 1.29 is 13.2 Å². The maximum Gasteiger partial charge on any atom is 0.251 e. The van der Waals surface area contributed by atoms with Crippen LogP contribution in [0.25, 0.3) is 0 Å². The lowest BCUT2D eigenvalue weighted by molar-refractivity contribution is 0.0943. The molecule has 0 radical (unpaired) electrons. The van der Waals surface area contributed by atoms with Gasteiger partial charge in [-0.05, 0) is 61.1 Å². The Balaban J connectivity index is 1.67. The predicted molar refractivity (Wildman–Crippen MR) is 123 cm³/mol. The van der Waals surface area contributed by atoms with Crippen LogP contribution >= 0.6 is 11.6 Å². The molecule has 1 N–H and O–H groups in total. The van der Waals surface area contributed by atoms with Crippen molar-refractivity contribution in [2.45, 2.75) is 45.6 Å². The fourth-order valence-electron chi connectivity index (χ4n) is 3.79. The number of nitrogens with one attached hydrogen (secondary N) is 1. The van der Waals surface area contributed by atoms with E-state index in [2.05, 4.69) is 5.32 Å². The monoisotopic (exact) mass is 448 g/mol. The van der Waals surface area contributed by atoms with E-state index >= 15 is 0 Å². The van der Waals surface area contributed by atoms with Crippen molar-refractivity contribution in [3.05, 3.63) is 64.2 Å². The number of carbonyl (C=O) groups is 1. The van der Waals surface area contributed by atoms with Crippen LogP contribution in [-0.2, 0) is 16.6 Å². The molecule has 0 heterocycles. The molecule has 1 saturated carbocycles. The summed E-state index contributed by atoms with van der Waals surface area (Å²) in [5, 5.41) is 3.55. The number of aryl methyl sites for hydroxylation is 1. The van der Waals surface area contributed by atoms with E-state index < -0.39 is 10.0 Å². The molecule has 30 heavy (non-hydrogen) atoms. The molecule has 0 aliphatic heterocycles. The van der Waals surface area contributed by atoms with E-state index in [0.29, 0.717) is 22.2 Å². The SMILES string of the molecule is Cc1ccc(N(Cc2ccc(C(=O)NCC3CCCCC3)cc2)S(C)(=O)=O)cc1Cl. The van der Waals surface area contributed by atoms with Crippen LogP contribution in [-0.4, -0.2) is 27.1 Å². The second-order valence-corrected chi connectivity index (χ2v) is 10.4. The van der Waals surface area contributed by atoms with Gasteiger partial charge in [0.05, 0.1) is 18.5 Å². The van der Waals surface area contributed by atoms with Gasteiger partial charge in [0.15, 0.2) is 0 Å². The van der Waals surface area contributed by atoms with Crippen LogP contribution in [0, 0.1) is 12.8 Å². The van der Waals surface area contributed by atoms with Crippen LogP contribution in [0.5, 0.6) is 0 Å². The summed E-state index contributed by atoms with van der Waals surface area (Å²) in [5.74, 6) is 0.490. The summed E-state index contributed by atoms with van der Waals surface area (Å²) in [5.41, 5.74) is 2.78. The molecule has 1 amide bonds. The third-order valence-corrected chi connectivity index (χ3v) is 7.21. The van der Waals surface area contributed by atoms with Gasteiger partial charge in [-0.2, -0.15) is 0 Å². The highest BCUT2D eigenvalue weighted by Crippen LogP contribution is 2.26. The van der Waals surface area contributed by atoms with Gasteiger partial charge in [-0.25, -0.2) is 8.42 Å². The van der Waals surface area contributed by atoms with Crippen LogP contribution in [0.4, 0.5) is 5.69 Å². The summed E-state index contributed by atoms with van der Waals surface area (Å²) in [7, 11) is -3.50. The standard InChI is InChI=1S/C23H29ClN2O3S/c1-17-8-13-21(14-22(17)24)26(30(2,28)29)16-19-9-11-20(12-10-19)23(27)25-15-18-6-4-3-5-7-18/h8-14,18H,3-7,15-16H2,1-2H3,(H,25,27). The highest BCUT2D eigenvalue weighted by molar-refractivity contribution is 7.92. The number of carbonyl (C=O) groups excluding carboxylic acids is 1. The molecular weight excluding hydrogens is 420 g/mol. The van der Waals surface area contributed by atoms with Crippen LogP contribution in [0.1, 0.15) is 53.6 Å².